The molecule has 138 valence electrons. The molecule has 0 spiro atoms. The zero-order chi connectivity index (χ0) is 18.9. The third-order valence-electron chi connectivity index (χ3n) is 5.44. The lowest BCUT2D eigenvalue weighted by atomic mass is 9.99. The third-order valence-corrected chi connectivity index (χ3v) is 5.70. The number of aromatic nitrogens is 2. The summed E-state index contributed by atoms with van der Waals surface area (Å²) < 4.78 is 0. The van der Waals surface area contributed by atoms with Gasteiger partial charge in [-0.05, 0) is 48.4 Å². The SMILES string of the molecule is Clc1ccc(-c2nc(N3CCC(c4ccccc4)C3)c3ccccc3n2)cc1. The minimum atomic E-state index is 0.536. The van der Waals surface area contributed by atoms with Crippen molar-refractivity contribution in [1.29, 1.82) is 0 Å². The summed E-state index contributed by atoms with van der Waals surface area (Å²) in [6.45, 7) is 1.98. The number of halogens is 1. The molecule has 4 heteroatoms. The van der Waals surface area contributed by atoms with Crippen LogP contribution in [-0.4, -0.2) is 23.1 Å². The molecule has 1 atom stereocenters. The normalized spacial score (nSPS) is 16.6. The molecule has 1 aromatic heterocycles. The quantitative estimate of drug-likeness (QED) is 0.436. The fraction of sp³-hybridized carbons (Fsp3) is 0.167. The summed E-state index contributed by atoms with van der Waals surface area (Å²) in [5, 5.41) is 1.82. The van der Waals surface area contributed by atoms with Gasteiger partial charge >= 0.3 is 0 Å². The molecule has 4 aromatic rings. The molecular weight excluding hydrogens is 366 g/mol. The molecule has 3 nitrogen and oxygen atoms in total. The summed E-state index contributed by atoms with van der Waals surface area (Å²) in [6.07, 6.45) is 1.14. The number of hydrogen-bond acceptors (Lipinski definition) is 3. The van der Waals surface area contributed by atoms with Crippen LogP contribution in [0.3, 0.4) is 0 Å². The second-order valence-electron chi connectivity index (χ2n) is 7.24. The van der Waals surface area contributed by atoms with Crippen LogP contribution in [0.1, 0.15) is 17.9 Å². The minimum Gasteiger partial charge on any atom is -0.355 e. The Bertz CT molecular complexity index is 1110. The molecule has 0 bridgehead atoms. The lowest BCUT2D eigenvalue weighted by Gasteiger charge is -2.20. The summed E-state index contributed by atoms with van der Waals surface area (Å²) in [6, 6.07) is 26.8. The molecule has 1 aliphatic heterocycles. The first-order valence-electron chi connectivity index (χ1n) is 9.60. The van der Waals surface area contributed by atoms with E-state index in [1.54, 1.807) is 0 Å². The second-order valence-corrected chi connectivity index (χ2v) is 7.67. The molecule has 2 heterocycles. The van der Waals surface area contributed by atoms with Crippen molar-refractivity contribution in [3.8, 4) is 11.4 Å². The number of fused-ring (bicyclic) bond motifs is 1. The summed E-state index contributed by atoms with van der Waals surface area (Å²) in [5.41, 5.74) is 3.36. The highest BCUT2D eigenvalue weighted by Crippen LogP contribution is 2.34. The van der Waals surface area contributed by atoms with Gasteiger partial charge < -0.3 is 4.90 Å². The van der Waals surface area contributed by atoms with Gasteiger partial charge in [0.25, 0.3) is 0 Å². The molecule has 1 fully saturated rings. The smallest absolute Gasteiger partial charge is 0.162 e. The molecule has 5 rings (SSSR count). The maximum atomic E-state index is 6.05. The van der Waals surface area contributed by atoms with Crippen LogP contribution in [0.4, 0.5) is 5.82 Å². The van der Waals surface area contributed by atoms with E-state index in [1.807, 2.05) is 30.3 Å². The van der Waals surface area contributed by atoms with E-state index in [2.05, 4.69) is 53.4 Å². The average molecular weight is 386 g/mol. The predicted octanol–water partition coefficient (Wildman–Crippen LogP) is 5.94. The Morgan fingerprint density at radius 1 is 0.821 bits per heavy atom. The van der Waals surface area contributed by atoms with E-state index in [-0.39, 0.29) is 0 Å². The van der Waals surface area contributed by atoms with Gasteiger partial charge in [0.1, 0.15) is 5.82 Å². The molecule has 0 saturated carbocycles. The number of anilines is 1. The molecule has 0 aliphatic carbocycles. The van der Waals surface area contributed by atoms with Gasteiger partial charge in [-0.1, -0.05) is 54.1 Å². The van der Waals surface area contributed by atoms with Crippen molar-refractivity contribution < 1.29 is 0 Å². The van der Waals surface area contributed by atoms with Gasteiger partial charge in [0.15, 0.2) is 5.82 Å². The first-order valence-corrected chi connectivity index (χ1v) is 9.98. The van der Waals surface area contributed by atoms with Gasteiger partial charge in [0.05, 0.1) is 5.52 Å². The van der Waals surface area contributed by atoms with E-state index < -0.39 is 0 Å². The maximum Gasteiger partial charge on any atom is 0.162 e. The van der Waals surface area contributed by atoms with Gasteiger partial charge in [0.2, 0.25) is 0 Å². The lowest BCUT2D eigenvalue weighted by Crippen LogP contribution is -2.21. The summed E-state index contributed by atoms with van der Waals surface area (Å²) in [7, 11) is 0. The third kappa shape index (κ3) is 3.23. The van der Waals surface area contributed by atoms with Crippen LogP contribution in [0, 0.1) is 0 Å². The lowest BCUT2D eigenvalue weighted by molar-refractivity contribution is 0.774. The zero-order valence-corrected chi connectivity index (χ0v) is 16.2. The molecule has 1 aliphatic rings. The Hall–Kier alpha value is -2.91. The van der Waals surface area contributed by atoms with Crippen LogP contribution >= 0.6 is 11.6 Å². The van der Waals surface area contributed by atoms with Gasteiger partial charge in [-0.15, -0.1) is 0 Å². The summed E-state index contributed by atoms with van der Waals surface area (Å²) in [4.78, 5) is 12.2. The first kappa shape index (κ1) is 17.2. The van der Waals surface area contributed by atoms with Crippen molar-refractivity contribution in [2.24, 2.45) is 0 Å². The minimum absolute atomic E-state index is 0.536. The van der Waals surface area contributed by atoms with Crippen molar-refractivity contribution in [3.63, 3.8) is 0 Å². The van der Waals surface area contributed by atoms with Gasteiger partial charge in [-0.25, -0.2) is 9.97 Å². The number of benzene rings is 3. The van der Waals surface area contributed by atoms with E-state index >= 15 is 0 Å². The molecular formula is C24H20ClN3. The largest absolute Gasteiger partial charge is 0.355 e. The van der Waals surface area contributed by atoms with Crippen molar-refractivity contribution in [3.05, 3.63) is 89.4 Å². The highest BCUT2D eigenvalue weighted by Gasteiger charge is 2.26. The number of nitrogens with zero attached hydrogens (tertiary/aromatic N) is 3. The van der Waals surface area contributed by atoms with Crippen LogP contribution in [0.25, 0.3) is 22.3 Å². The van der Waals surface area contributed by atoms with Gasteiger partial charge in [-0.3, -0.25) is 0 Å². The van der Waals surface area contributed by atoms with E-state index in [0.717, 1.165) is 52.6 Å². The van der Waals surface area contributed by atoms with Crippen LogP contribution in [0.2, 0.25) is 5.02 Å². The molecule has 0 N–H and O–H groups in total. The van der Waals surface area contributed by atoms with E-state index in [0.29, 0.717) is 5.92 Å². The van der Waals surface area contributed by atoms with Crippen molar-refractivity contribution in [2.45, 2.75) is 12.3 Å². The molecule has 1 saturated heterocycles. The fourth-order valence-electron chi connectivity index (χ4n) is 3.98. The molecule has 1 unspecified atom stereocenters. The van der Waals surface area contributed by atoms with Gasteiger partial charge in [-0.2, -0.15) is 0 Å². The molecule has 0 amide bonds. The highest BCUT2D eigenvalue weighted by atomic mass is 35.5. The Morgan fingerprint density at radius 2 is 1.57 bits per heavy atom. The molecule has 3 aromatic carbocycles. The Balaban J connectivity index is 1.56. The summed E-state index contributed by atoms with van der Waals surface area (Å²) >= 11 is 6.05. The fourth-order valence-corrected chi connectivity index (χ4v) is 4.10. The van der Waals surface area contributed by atoms with Gasteiger partial charge in [0, 0.05) is 35.0 Å². The van der Waals surface area contributed by atoms with Crippen LogP contribution < -0.4 is 4.90 Å². The predicted molar refractivity (Wildman–Crippen MR) is 116 cm³/mol. The zero-order valence-electron chi connectivity index (χ0n) is 15.4. The Kier molecular flexibility index (Phi) is 4.46. The first-order chi connectivity index (χ1) is 13.8. The van der Waals surface area contributed by atoms with Crippen LogP contribution in [0.5, 0.6) is 0 Å². The second kappa shape index (κ2) is 7.25. The Morgan fingerprint density at radius 3 is 2.39 bits per heavy atom. The maximum absolute atomic E-state index is 6.05. The standard InChI is InChI=1S/C24H20ClN3/c25-20-12-10-18(11-13-20)23-26-22-9-5-4-8-21(22)24(27-23)28-15-14-19(16-28)17-6-2-1-3-7-17/h1-13,19H,14-16H2. The van der Waals surface area contributed by atoms with Crippen molar-refractivity contribution in [2.75, 3.05) is 18.0 Å². The van der Waals surface area contributed by atoms with Crippen LogP contribution in [-0.2, 0) is 0 Å². The molecule has 0 radical (unpaired) electrons. The number of rotatable bonds is 3. The monoisotopic (exact) mass is 385 g/mol. The average Bonchev–Trinajstić information content (AvgIpc) is 3.24. The van der Waals surface area contributed by atoms with Crippen LogP contribution in [0.15, 0.2) is 78.9 Å². The number of hydrogen-bond donors (Lipinski definition) is 0. The van der Waals surface area contributed by atoms with Crippen molar-refractivity contribution in [1.82, 2.24) is 9.97 Å². The topological polar surface area (TPSA) is 29.0 Å². The highest BCUT2D eigenvalue weighted by molar-refractivity contribution is 6.30. The van der Waals surface area contributed by atoms with E-state index in [4.69, 9.17) is 21.6 Å². The summed E-state index contributed by atoms with van der Waals surface area (Å²) in [5.74, 6) is 2.30. The number of para-hydroxylation sites is 1. The van der Waals surface area contributed by atoms with E-state index in [9.17, 15) is 0 Å². The molecule has 28 heavy (non-hydrogen) atoms. The Labute approximate surface area is 169 Å². The van der Waals surface area contributed by atoms with E-state index in [1.165, 1.54) is 5.56 Å². The van der Waals surface area contributed by atoms with Crippen molar-refractivity contribution >= 4 is 28.3 Å².